The maximum atomic E-state index is 11.9. The highest BCUT2D eigenvalue weighted by molar-refractivity contribution is 5.80. The molecule has 130 valence electrons. The van der Waals surface area contributed by atoms with Crippen molar-refractivity contribution >= 4 is 17.8 Å². The summed E-state index contributed by atoms with van der Waals surface area (Å²) in [6.07, 6.45) is 5.95. The summed E-state index contributed by atoms with van der Waals surface area (Å²) in [6, 6.07) is -0.532. The number of aliphatic carboxylic acids is 1. The SMILES string of the molecule is O=C(CN1CCCC1C(=O)O)NCCCN1CCCCCC1=O. The number of carbonyl (C=O) groups is 3. The summed E-state index contributed by atoms with van der Waals surface area (Å²) in [4.78, 5) is 38.4. The third-order valence-corrected chi connectivity index (χ3v) is 4.59. The number of hydrogen-bond donors (Lipinski definition) is 2. The van der Waals surface area contributed by atoms with Crippen LogP contribution in [0.1, 0.15) is 44.9 Å². The van der Waals surface area contributed by atoms with Crippen LogP contribution in [0.15, 0.2) is 0 Å². The zero-order valence-electron chi connectivity index (χ0n) is 13.6. The Hall–Kier alpha value is -1.63. The van der Waals surface area contributed by atoms with Crippen molar-refractivity contribution in [3.05, 3.63) is 0 Å². The Labute approximate surface area is 137 Å². The number of hydrogen-bond acceptors (Lipinski definition) is 4. The summed E-state index contributed by atoms with van der Waals surface area (Å²) in [5.74, 6) is -0.773. The van der Waals surface area contributed by atoms with Crippen molar-refractivity contribution in [2.24, 2.45) is 0 Å². The fraction of sp³-hybridized carbons (Fsp3) is 0.812. The minimum Gasteiger partial charge on any atom is -0.480 e. The molecule has 7 nitrogen and oxygen atoms in total. The first-order valence-corrected chi connectivity index (χ1v) is 8.59. The van der Waals surface area contributed by atoms with Gasteiger partial charge in [0.15, 0.2) is 0 Å². The molecule has 2 saturated heterocycles. The number of carboxylic acids is 1. The van der Waals surface area contributed by atoms with Crippen molar-refractivity contribution in [3.63, 3.8) is 0 Å². The first-order valence-electron chi connectivity index (χ1n) is 8.59. The van der Waals surface area contributed by atoms with E-state index in [1.807, 2.05) is 4.90 Å². The molecule has 0 spiro atoms. The van der Waals surface area contributed by atoms with Gasteiger partial charge in [-0.05, 0) is 38.6 Å². The van der Waals surface area contributed by atoms with Crippen molar-refractivity contribution in [3.8, 4) is 0 Å². The number of likely N-dealkylation sites (tertiary alicyclic amines) is 2. The van der Waals surface area contributed by atoms with Crippen molar-refractivity contribution in [1.29, 1.82) is 0 Å². The van der Waals surface area contributed by atoms with Crippen LogP contribution in [-0.2, 0) is 14.4 Å². The van der Waals surface area contributed by atoms with Crippen molar-refractivity contribution in [2.45, 2.75) is 51.0 Å². The normalized spacial score (nSPS) is 22.9. The van der Waals surface area contributed by atoms with Gasteiger partial charge in [0.2, 0.25) is 11.8 Å². The molecule has 1 atom stereocenters. The third kappa shape index (κ3) is 5.49. The topological polar surface area (TPSA) is 89.9 Å². The van der Waals surface area contributed by atoms with E-state index in [1.54, 1.807) is 4.90 Å². The lowest BCUT2D eigenvalue weighted by molar-refractivity contribution is -0.142. The number of nitrogens with zero attached hydrogens (tertiary/aromatic N) is 2. The molecule has 0 aromatic rings. The van der Waals surface area contributed by atoms with Gasteiger partial charge in [0.05, 0.1) is 6.54 Å². The molecule has 0 saturated carbocycles. The van der Waals surface area contributed by atoms with E-state index < -0.39 is 12.0 Å². The van der Waals surface area contributed by atoms with E-state index >= 15 is 0 Å². The summed E-state index contributed by atoms with van der Waals surface area (Å²) >= 11 is 0. The maximum absolute atomic E-state index is 11.9. The van der Waals surface area contributed by atoms with Gasteiger partial charge in [-0.3, -0.25) is 19.3 Å². The molecule has 0 aromatic carbocycles. The van der Waals surface area contributed by atoms with Gasteiger partial charge in [-0.2, -0.15) is 0 Å². The van der Waals surface area contributed by atoms with E-state index in [0.717, 1.165) is 38.6 Å². The number of rotatable bonds is 7. The molecule has 0 bridgehead atoms. The van der Waals surface area contributed by atoms with Gasteiger partial charge in [-0.25, -0.2) is 0 Å². The standard InChI is InChI=1S/C16H27N3O4/c20-14(12-19-10-4-6-13(19)16(22)23)17-8-5-11-18-9-3-1-2-7-15(18)21/h13H,1-12H2,(H,17,20)(H,22,23). The van der Waals surface area contributed by atoms with Gasteiger partial charge in [-0.15, -0.1) is 0 Å². The molecular weight excluding hydrogens is 298 g/mol. The van der Waals surface area contributed by atoms with Gasteiger partial charge in [0.1, 0.15) is 6.04 Å². The predicted molar refractivity (Wildman–Crippen MR) is 84.9 cm³/mol. The first-order chi connectivity index (χ1) is 11.1. The molecule has 0 radical (unpaired) electrons. The van der Waals surface area contributed by atoms with Crippen molar-refractivity contribution in [1.82, 2.24) is 15.1 Å². The second-order valence-corrected chi connectivity index (χ2v) is 6.36. The molecule has 2 N–H and O–H groups in total. The summed E-state index contributed by atoms with van der Waals surface area (Å²) in [5, 5.41) is 11.9. The molecule has 7 heteroatoms. The summed E-state index contributed by atoms with van der Waals surface area (Å²) < 4.78 is 0. The Kier molecular flexibility index (Phi) is 6.83. The monoisotopic (exact) mass is 325 g/mol. The van der Waals surface area contributed by atoms with Crippen molar-refractivity contribution in [2.75, 3.05) is 32.7 Å². The summed E-state index contributed by atoms with van der Waals surface area (Å²) in [6.45, 7) is 2.82. The van der Waals surface area contributed by atoms with Crippen LogP contribution in [0.5, 0.6) is 0 Å². The largest absolute Gasteiger partial charge is 0.480 e. The van der Waals surface area contributed by atoms with Crippen LogP contribution in [0.3, 0.4) is 0 Å². The Bertz CT molecular complexity index is 441. The molecule has 2 rings (SSSR count). The second-order valence-electron chi connectivity index (χ2n) is 6.36. The zero-order valence-corrected chi connectivity index (χ0v) is 13.6. The Morgan fingerprint density at radius 1 is 1.17 bits per heavy atom. The number of carbonyl (C=O) groups excluding carboxylic acids is 2. The second kappa shape index (κ2) is 8.86. The molecule has 0 aliphatic carbocycles. The minimum atomic E-state index is -0.852. The van der Waals surface area contributed by atoms with Crippen LogP contribution < -0.4 is 5.32 Å². The lowest BCUT2D eigenvalue weighted by Gasteiger charge is -2.21. The number of carboxylic acid groups (broad SMARTS) is 1. The lowest BCUT2D eigenvalue weighted by atomic mass is 10.2. The minimum absolute atomic E-state index is 0.139. The molecule has 0 aromatic heterocycles. The van der Waals surface area contributed by atoms with Crippen LogP contribution in [0.2, 0.25) is 0 Å². The van der Waals surface area contributed by atoms with Crippen LogP contribution in [0.25, 0.3) is 0 Å². The number of amides is 2. The van der Waals surface area contributed by atoms with Gasteiger partial charge >= 0.3 is 5.97 Å². The van der Waals surface area contributed by atoms with Crippen LogP contribution in [0.4, 0.5) is 0 Å². The van der Waals surface area contributed by atoms with Gasteiger partial charge in [0.25, 0.3) is 0 Å². The fourth-order valence-electron chi connectivity index (χ4n) is 3.31. The van der Waals surface area contributed by atoms with E-state index in [2.05, 4.69) is 5.32 Å². The van der Waals surface area contributed by atoms with Gasteiger partial charge in [-0.1, -0.05) is 6.42 Å². The lowest BCUT2D eigenvalue weighted by Crippen LogP contribution is -2.43. The van der Waals surface area contributed by atoms with E-state index in [-0.39, 0.29) is 18.4 Å². The van der Waals surface area contributed by atoms with Gasteiger partial charge in [0, 0.05) is 26.1 Å². The molecule has 2 aliphatic rings. The Balaban J connectivity index is 1.63. The highest BCUT2D eigenvalue weighted by Gasteiger charge is 2.31. The maximum Gasteiger partial charge on any atom is 0.320 e. The summed E-state index contributed by atoms with van der Waals surface area (Å²) in [5.41, 5.74) is 0. The highest BCUT2D eigenvalue weighted by atomic mass is 16.4. The molecule has 2 heterocycles. The smallest absolute Gasteiger partial charge is 0.320 e. The van der Waals surface area contributed by atoms with E-state index in [1.165, 1.54) is 0 Å². The summed E-state index contributed by atoms with van der Waals surface area (Å²) in [7, 11) is 0. The average Bonchev–Trinajstić information content (AvgIpc) is 2.87. The molecule has 2 fully saturated rings. The van der Waals surface area contributed by atoms with Crippen LogP contribution >= 0.6 is 0 Å². The van der Waals surface area contributed by atoms with Crippen LogP contribution in [0, 0.1) is 0 Å². The van der Waals surface area contributed by atoms with Crippen molar-refractivity contribution < 1.29 is 19.5 Å². The molecule has 2 amide bonds. The molecule has 1 unspecified atom stereocenters. The highest BCUT2D eigenvalue weighted by Crippen LogP contribution is 2.16. The van der Waals surface area contributed by atoms with E-state index in [0.29, 0.717) is 32.5 Å². The first kappa shape index (κ1) is 17.7. The van der Waals surface area contributed by atoms with Gasteiger partial charge < -0.3 is 15.3 Å². The molecule has 2 aliphatic heterocycles. The van der Waals surface area contributed by atoms with E-state index in [4.69, 9.17) is 5.11 Å². The Morgan fingerprint density at radius 3 is 2.78 bits per heavy atom. The average molecular weight is 325 g/mol. The molecule has 23 heavy (non-hydrogen) atoms. The third-order valence-electron chi connectivity index (χ3n) is 4.59. The fourth-order valence-corrected chi connectivity index (χ4v) is 3.31. The Morgan fingerprint density at radius 2 is 2.00 bits per heavy atom. The number of nitrogens with one attached hydrogen (secondary N) is 1. The van der Waals surface area contributed by atoms with Crippen LogP contribution in [-0.4, -0.2) is 71.5 Å². The quantitative estimate of drug-likeness (QED) is 0.663. The van der Waals surface area contributed by atoms with E-state index in [9.17, 15) is 14.4 Å². The predicted octanol–water partition coefficient (Wildman–Crippen LogP) is 0.444. The zero-order chi connectivity index (χ0) is 16.7. The molecular formula is C16H27N3O4.